The predicted molar refractivity (Wildman–Crippen MR) is 88.5 cm³/mol. The van der Waals surface area contributed by atoms with Crippen LogP contribution in [0.25, 0.3) is 0 Å². The SMILES string of the molecule is COc1ccc(Cl)cc1NC(=O)COc1ccc(F)cc1C(C)=O. The lowest BCUT2D eigenvalue weighted by atomic mass is 10.1. The maximum absolute atomic E-state index is 13.2. The number of anilines is 1. The first-order chi connectivity index (χ1) is 11.4. The fourth-order valence-electron chi connectivity index (χ4n) is 2.01. The molecule has 5 nitrogen and oxygen atoms in total. The summed E-state index contributed by atoms with van der Waals surface area (Å²) in [4.78, 5) is 23.5. The molecule has 0 radical (unpaired) electrons. The van der Waals surface area contributed by atoms with Crippen molar-refractivity contribution in [2.45, 2.75) is 6.92 Å². The second-order valence-corrected chi connectivity index (χ2v) is 5.31. The molecule has 0 aliphatic rings. The van der Waals surface area contributed by atoms with Gasteiger partial charge < -0.3 is 14.8 Å². The quantitative estimate of drug-likeness (QED) is 0.806. The van der Waals surface area contributed by atoms with Crippen molar-refractivity contribution >= 4 is 29.0 Å². The molecule has 0 aliphatic carbocycles. The molecule has 1 amide bonds. The van der Waals surface area contributed by atoms with Gasteiger partial charge in [-0.2, -0.15) is 0 Å². The van der Waals surface area contributed by atoms with Crippen LogP contribution in [0.3, 0.4) is 0 Å². The lowest BCUT2D eigenvalue weighted by Gasteiger charge is -2.12. The Morgan fingerprint density at radius 1 is 1.17 bits per heavy atom. The molecule has 0 saturated heterocycles. The van der Waals surface area contributed by atoms with E-state index in [4.69, 9.17) is 21.1 Å². The third kappa shape index (κ3) is 4.45. The molecule has 0 heterocycles. The van der Waals surface area contributed by atoms with Gasteiger partial charge in [0.1, 0.15) is 17.3 Å². The van der Waals surface area contributed by atoms with E-state index >= 15 is 0 Å². The summed E-state index contributed by atoms with van der Waals surface area (Å²) in [5.41, 5.74) is 0.465. The minimum absolute atomic E-state index is 0.0723. The Bertz CT molecular complexity index is 779. The molecule has 0 aliphatic heterocycles. The summed E-state index contributed by atoms with van der Waals surface area (Å²) in [6.07, 6.45) is 0. The van der Waals surface area contributed by atoms with Crippen LogP contribution in [0.2, 0.25) is 5.02 Å². The Morgan fingerprint density at radius 2 is 1.88 bits per heavy atom. The Morgan fingerprint density at radius 3 is 2.54 bits per heavy atom. The average molecular weight is 352 g/mol. The van der Waals surface area contributed by atoms with Crippen molar-refractivity contribution in [3.63, 3.8) is 0 Å². The van der Waals surface area contributed by atoms with E-state index in [1.165, 1.54) is 26.2 Å². The van der Waals surface area contributed by atoms with Gasteiger partial charge in [-0.3, -0.25) is 9.59 Å². The van der Waals surface area contributed by atoms with Gasteiger partial charge in [-0.1, -0.05) is 11.6 Å². The summed E-state index contributed by atoms with van der Waals surface area (Å²) in [7, 11) is 1.47. The molecule has 7 heteroatoms. The number of ketones is 1. The monoisotopic (exact) mass is 351 g/mol. The van der Waals surface area contributed by atoms with Gasteiger partial charge in [0.25, 0.3) is 5.91 Å². The van der Waals surface area contributed by atoms with E-state index < -0.39 is 11.7 Å². The van der Waals surface area contributed by atoms with E-state index in [9.17, 15) is 14.0 Å². The lowest BCUT2D eigenvalue weighted by Crippen LogP contribution is -2.21. The van der Waals surface area contributed by atoms with Gasteiger partial charge in [-0.25, -0.2) is 4.39 Å². The van der Waals surface area contributed by atoms with Crippen LogP contribution in [-0.4, -0.2) is 25.4 Å². The van der Waals surface area contributed by atoms with Crippen LogP contribution in [0.1, 0.15) is 17.3 Å². The molecular formula is C17H15ClFNO4. The lowest BCUT2D eigenvalue weighted by molar-refractivity contribution is -0.118. The van der Waals surface area contributed by atoms with Crippen molar-refractivity contribution in [3.8, 4) is 11.5 Å². The molecule has 2 aromatic rings. The van der Waals surface area contributed by atoms with Gasteiger partial charge in [-0.15, -0.1) is 0 Å². The summed E-state index contributed by atoms with van der Waals surface area (Å²) in [5.74, 6) is -0.812. The topological polar surface area (TPSA) is 64.6 Å². The number of rotatable bonds is 6. The summed E-state index contributed by atoms with van der Waals surface area (Å²) < 4.78 is 23.6. The number of hydrogen-bond acceptors (Lipinski definition) is 4. The summed E-state index contributed by atoms with van der Waals surface area (Å²) in [5, 5.41) is 3.03. The molecule has 0 saturated carbocycles. The molecule has 0 aromatic heterocycles. The third-order valence-electron chi connectivity index (χ3n) is 3.12. The van der Waals surface area contributed by atoms with E-state index in [-0.39, 0.29) is 23.7 Å². The molecule has 2 aromatic carbocycles. The van der Waals surface area contributed by atoms with Gasteiger partial charge in [-0.05, 0) is 43.3 Å². The standard InChI is InChI=1S/C17H15ClFNO4/c1-10(21)13-8-12(19)4-6-15(13)24-9-17(22)20-14-7-11(18)3-5-16(14)23-2/h3-8H,9H2,1-2H3,(H,20,22). The van der Waals surface area contributed by atoms with Crippen LogP contribution >= 0.6 is 11.6 Å². The number of nitrogens with one attached hydrogen (secondary N) is 1. The van der Waals surface area contributed by atoms with E-state index in [1.54, 1.807) is 12.1 Å². The molecule has 24 heavy (non-hydrogen) atoms. The van der Waals surface area contributed by atoms with Crippen molar-refractivity contribution in [3.05, 3.63) is 52.8 Å². The number of benzene rings is 2. The highest BCUT2D eigenvalue weighted by Gasteiger charge is 2.13. The molecule has 0 spiro atoms. The fourth-order valence-corrected chi connectivity index (χ4v) is 2.18. The average Bonchev–Trinajstić information content (AvgIpc) is 2.53. The Balaban J connectivity index is 2.07. The minimum atomic E-state index is -0.555. The molecule has 0 fully saturated rings. The van der Waals surface area contributed by atoms with Crippen molar-refractivity contribution in [1.82, 2.24) is 0 Å². The largest absolute Gasteiger partial charge is 0.495 e. The van der Waals surface area contributed by atoms with Crippen molar-refractivity contribution < 1.29 is 23.5 Å². The Hall–Kier alpha value is -2.60. The molecule has 0 bridgehead atoms. The first-order valence-corrected chi connectivity index (χ1v) is 7.35. The van der Waals surface area contributed by atoms with Gasteiger partial charge in [0.05, 0.1) is 18.4 Å². The summed E-state index contributed by atoms with van der Waals surface area (Å²) in [6, 6.07) is 8.31. The van der Waals surface area contributed by atoms with Crippen LogP contribution in [0.15, 0.2) is 36.4 Å². The number of carbonyl (C=O) groups is 2. The number of Topliss-reactive ketones (excluding diaryl/α,β-unsaturated/α-hetero) is 1. The highest BCUT2D eigenvalue weighted by molar-refractivity contribution is 6.31. The first-order valence-electron chi connectivity index (χ1n) is 6.97. The number of methoxy groups -OCH3 is 1. The molecule has 0 atom stereocenters. The Kier molecular flexibility index (Phi) is 5.76. The number of hydrogen-bond donors (Lipinski definition) is 1. The van der Waals surface area contributed by atoms with Gasteiger partial charge in [0.15, 0.2) is 12.4 Å². The second-order valence-electron chi connectivity index (χ2n) is 4.88. The van der Waals surface area contributed by atoms with E-state index in [2.05, 4.69) is 5.32 Å². The maximum Gasteiger partial charge on any atom is 0.262 e. The zero-order chi connectivity index (χ0) is 17.7. The molecule has 2 rings (SSSR count). The fraction of sp³-hybridized carbons (Fsp3) is 0.176. The smallest absolute Gasteiger partial charge is 0.262 e. The zero-order valence-electron chi connectivity index (χ0n) is 13.1. The number of amides is 1. The Labute approximate surface area is 143 Å². The third-order valence-corrected chi connectivity index (χ3v) is 3.35. The van der Waals surface area contributed by atoms with Gasteiger partial charge >= 0.3 is 0 Å². The van der Waals surface area contributed by atoms with Crippen molar-refractivity contribution in [1.29, 1.82) is 0 Å². The summed E-state index contributed by atoms with van der Waals surface area (Å²) >= 11 is 5.89. The van der Waals surface area contributed by atoms with Gasteiger partial charge in [0, 0.05) is 5.02 Å². The van der Waals surface area contributed by atoms with Crippen LogP contribution in [-0.2, 0) is 4.79 Å². The highest BCUT2D eigenvalue weighted by atomic mass is 35.5. The van der Waals surface area contributed by atoms with Crippen LogP contribution in [0.4, 0.5) is 10.1 Å². The van der Waals surface area contributed by atoms with Crippen molar-refractivity contribution in [2.24, 2.45) is 0 Å². The number of carbonyl (C=O) groups excluding carboxylic acids is 2. The predicted octanol–water partition coefficient (Wildman–Crippen LogP) is 3.71. The second kappa shape index (κ2) is 7.79. The first kappa shape index (κ1) is 17.7. The molecule has 0 unspecified atom stereocenters. The number of ether oxygens (including phenoxy) is 2. The summed E-state index contributed by atoms with van der Waals surface area (Å²) in [6.45, 7) is 0.931. The van der Waals surface area contributed by atoms with E-state index in [0.29, 0.717) is 16.5 Å². The number of halogens is 2. The molecule has 126 valence electrons. The van der Waals surface area contributed by atoms with Gasteiger partial charge in [0.2, 0.25) is 0 Å². The van der Waals surface area contributed by atoms with E-state index in [0.717, 1.165) is 12.1 Å². The van der Waals surface area contributed by atoms with Crippen LogP contribution in [0, 0.1) is 5.82 Å². The van der Waals surface area contributed by atoms with Crippen LogP contribution < -0.4 is 14.8 Å². The molecule has 1 N–H and O–H groups in total. The zero-order valence-corrected chi connectivity index (χ0v) is 13.8. The highest BCUT2D eigenvalue weighted by Crippen LogP contribution is 2.27. The van der Waals surface area contributed by atoms with E-state index in [1.807, 2.05) is 0 Å². The maximum atomic E-state index is 13.2. The molecular weight excluding hydrogens is 337 g/mol. The minimum Gasteiger partial charge on any atom is -0.495 e. The normalized spacial score (nSPS) is 10.2. The van der Waals surface area contributed by atoms with Crippen LogP contribution in [0.5, 0.6) is 11.5 Å². The van der Waals surface area contributed by atoms with Crippen molar-refractivity contribution in [2.75, 3.05) is 19.0 Å².